The van der Waals surface area contributed by atoms with Gasteiger partial charge >= 0.3 is 12.0 Å². The first-order chi connectivity index (χ1) is 10.0. The molecular weight excluding hydrogens is 290 g/mol. The number of benzene rings is 1. The van der Waals surface area contributed by atoms with E-state index in [4.69, 9.17) is 5.11 Å². The number of hydrogen-bond donors (Lipinski definition) is 3. The number of amides is 2. The molecule has 0 fully saturated rings. The number of nitrogens with zero attached hydrogens (tertiary/aromatic N) is 1. The van der Waals surface area contributed by atoms with E-state index in [1.807, 2.05) is 18.4 Å². The average Bonchev–Trinajstić information content (AvgIpc) is 2.84. The van der Waals surface area contributed by atoms with Crippen molar-refractivity contribution in [1.82, 2.24) is 10.3 Å². The van der Waals surface area contributed by atoms with Crippen molar-refractivity contribution in [3.05, 3.63) is 46.5 Å². The number of thiazole rings is 1. The predicted octanol–water partition coefficient (Wildman–Crippen LogP) is 2.51. The molecular formula is C14H15N3O3S. The highest BCUT2D eigenvalue weighted by molar-refractivity contribution is 7.13. The Balaban J connectivity index is 1.80. The maximum atomic E-state index is 11.6. The Morgan fingerprint density at radius 3 is 2.86 bits per heavy atom. The van der Waals surface area contributed by atoms with Gasteiger partial charge < -0.3 is 10.4 Å². The molecule has 0 aliphatic heterocycles. The van der Waals surface area contributed by atoms with E-state index in [1.165, 1.54) is 17.4 Å². The average molecular weight is 305 g/mol. The number of carbonyl (C=O) groups is 2. The molecule has 1 aromatic heterocycles. The normalized spacial score (nSPS) is 10.1. The Morgan fingerprint density at radius 1 is 1.38 bits per heavy atom. The maximum Gasteiger partial charge on any atom is 0.335 e. The smallest absolute Gasteiger partial charge is 0.335 e. The third kappa shape index (κ3) is 4.57. The van der Waals surface area contributed by atoms with Crippen LogP contribution in [0, 0.1) is 6.92 Å². The number of urea groups is 1. The van der Waals surface area contributed by atoms with Gasteiger partial charge in [-0.25, -0.2) is 14.6 Å². The summed E-state index contributed by atoms with van der Waals surface area (Å²) in [6.45, 7) is 2.27. The van der Waals surface area contributed by atoms with Crippen molar-refractivity contribution in [2.45, 2.75) is 13.3 Å². The summed E-state index contributed by atoms with van der Waals surface area (Å²) in [5.74, 6) is -0.957. The van der Waals surface area contributed by atoms with Crippen molar-refractivity contribution < 1.29 is 14.7 Å². The third-order valence-electron chi connectivity index (χ3n) is 2.71. The maximum absolute atomic E-state index is 11.6. The Kier molecular flexibility index (Phi) is 4.89. The minimum Gasteiger partial charge on any atom is -0.478 e. The summed E-state index contributed by atoms with van der Waals surface area (Å²) in [6, 6.07) is 6.34. The number of rotatable bonds is 5. The van der Waals surface area contributed by atoms with Crippen LogP contribution in [0.15, 0.2) is 29.6 Å². The molecule has 0 saturated heterocycles. The molecule has 3 N–H and O–H groups in total. The van der Waals surface area contributed by atoms with Crippen molar-refractivity contribution in [1.29, 1.82) is 0 Å². The van der Waals surface area contributed by atoms with Crippen LogP contribution in [-0.2, 0) is 6.42 Å². The molecule has 0 radical (unpaired) electrons. The molecule has 1 heterocycles. The number of carboxylic acids is 1. The summed E-state index contributed by atoms with van der Waals surface area (Å²) in [6.07, 6.45) is 0.561. The monoisotopic (exact) mass is 305 g/mol. The minimum atomic E-state index is -0.957. The zero-order valence-corrected chi connectivity index (χ0v) is 12.2. The molecule has 2 aromatic rings. The predicted molar refractivity (Wildman–Crippen MR) is 81.0 cm³/mol. The summed E-state index contributed by atoms with van der Waals surface area (Å²) < 4.78 is 0. The molecule has 0 bridgehead atoms. The molecule has 0 atom stereocenters. The molecule has 0 unspecified atom stereocenters. The van der Waals surface area contributed by atoms with Crippen LogP contribution in [0.3, 0.4) is 0 Å². The summed E-state index contributed by atoms with van der Waals surface area (Å²) in [4.78, 5) is 26.6. The van der Waals surface area contributed by atoms with E-state index in [2.05, 4.69) is 15.6 Å². The molecule has 0 spiro atoms. The van der Waals surface area contributed by atoms with Gasteiger partial charge in [0.2, 0.25) is 0 Å². The Bertz CT molecular complexity index is 654. The fourth-order valence-electron chi connectivity index (χ4n) is 1.73. The fraction of sp³-hybridized carbons (Fsp3) is 0.214. The summed E-state index contributed by atoms with van der Waals surface area (Å²) >= 11 is 1.36. The van der Waals surface area contributed by atoms with E-state index in [-0.39, 0.29) is 11.6 Å². The Morgan fingerprint density at radius 2 is 2.19 bits per heavy atom. The van der Waals surface area contributed by atoms with Gasteiger partial charge in [-0.3, -0.25) is 5.32 Å². The standard InChI is InChI=1S/C14H15N3O3S/c1-9-8-21-14(16-9)17-13(20)15-6-5-10-3-2-4-11(7-10)12(18)19/h2-4,7-8H,5-6H2,1H3,(H,18,19)(H2,15,16,17,20). The Labute approximate surface area is 125 Å². The summed E-state index contributed by atoms with van der Waals surface area (Å²) in [7, 11) is 0. The van der Waals surface area contributed by atoms with Crippen LogP contribution in [0.1, 0.15) is 21.6 Å². The lowest BCUT2D eigenvalue weighted by molar-refractivity contribution is 0.0696. The van der Waals surface area contributed by atoms with Crippen LogP contribution >= 0.6 is 11.3 Å². The molecule has 21 heavy (non-hydrogen) atoms. The highest BCUT2D eigenvalue weighted by Crippen LogP contribution is 2.13. The number of carbonyl (C=O) groups excluding carboxylic acids is 1. The topological polar surface area (TPSA) is 91.3 Å². The van der Waals surface area contributed by atoms with Gasteiger partial charge in [0.15, 0.2) is 5.13 Å². The lowest BCUT2D eigenvalue weighted by Crippen LogP contribution is -2.30. The van der Waals surface area contributed by atoms with E-state index in [9.17, 15) is 9.59 Å². The Hall–Kier alpha value is -2.41. The molecule has 0 aliphatic carbocycles. The number of aromatic carboxylic acids is 1. The SMILES string of the molecule is Cc1csc(NC(=O)NCCc2cccc(C(=O)O)c2)n1. The van der Waals surface area contributed by atoms with Crippen molar-refractivity contribution >= 4 is 28.5 Å². The number of aryl methyl sites for hydroxylation is 1. The number of aromatic nitrogens is 1. The second-order valence-corrected chi connectivity index (χ2v) is 5.29. The molecule has 110 valence electrons. The number of hydrogen-bond acceptors (Lipinski definition) is 4. The van der Waals surface area contributed by atoms with Gasteiger partial charge in [0.25, 0.3) is 0 Å². The van der Waals surface area contributed by atoms with Gasteiger partial charge in [-0.15, -0.1) is 11.3 Å². The van der Waals surface area contributed by atoms with E-state index < -0.39 is 5.97 Å². The lowest BCUT2D eigenvalue weighted by Gasteiger charge is -2.06. The molecule has 1 aromatic carbocycles. The molecule has 2 rings (SSSR count). The van der Waals surface area contributed by atoms with E-state index in [0.717, 1.165) is 11.3 Å². The van der Waals surface area contributed by atoms with Crippen LogP contribution in [0.5, 0.6) is 0 Å². The first-order valence-corrected chi connectivity index (χ1v) is 7.22. The van der Waals surface area contributed by atoms with Gasteiger partial charge in [0.05, 0.1) is 11.3 Å². The van der Waals surface area contributed by atoms with Crippen molar-refractivity contribution in [2.75, 3.05) is 11.9 Å². The number of anilines is 1. The summed E-state index contributed by atoms with van der Waals surface area (Å²) in [5, 5.41) is 16.7. The fourth-order valence-corrected chi connectivity index (χ4v) is 2.42. The van der Waals surface area contributed by atoms with Crippen molar-refractivity contribution in [2.24, 2.45) is 0 Å². The number of nitrogens with one attached hydrogen (secondary N) is 2. The highest BCUT2D eigenvalue weighted by Gasteiger charge is 2.06. The first-order valence-electron chi connectivity index (χ1n) is 6.34. The second kappa shape index (κ2) is 6.85. The highest BCUT2D eigenvalue weighted by atomic mass is 32.1. The molecule has 2 amide bonds. The van der Waals surface area contributed by atoms with Gasteiger partial charge in [-0.05, 0) is 31.0 Å². The van der Waals surface area contributed by atoms with Gasteiger partial charge in [0, 0.05) is 11.9 Å². The third-order valence-corrected chi connectivity index (χ3v) is 3.59. The first kappa shape index (κ1) is 15.0. The second-order valence-electron chi connectivity index (χ2n) is 4.43. The lowest BCUT2D eigenvalue weighted by atomic mass is 10.1. The van der Waals surface area contributed by atoms with E-state index in [0.29, 0.717) is 18.1 Å². The van der Waals surface area contributed by atoms with Crippen molar-refractivity contribution in [3.8, 4) is 0 Å². The van der Waals surface area contributed by atoms with Crippen LogP contribution in [0.4, 0.5) is 9.93 Å². The van der Waals surface area contributed by atoms with Crippen molar-refractivity contribution in [3.63, 3.8) is 0 Å². The molecule has 6 nitrogen and oxygen atoms in total. The van der Waals surface area contributed by atoms with Crippen LogP contribution in [0.25, 0.3) is 0 Å². The van der Waals surface area contributed by atoms with Crippen LogP contribution < -0.4 is 10.6 Å². The van der Waals surface area contributed by atoms with E-state index >= 15 is 0 Å². The van der Waals surface area contributed by atoms with E-state index in [1.54, 1.807) is 12.1 Å². The zero-order valence-electron chi connectivity index (χ0n) is 11.4. The quantitative estimate of drug-likeness (QED) is 0.791. The zero-order chi connectivity index (χ0) is 15.2. The largest absolute Gasteiger partial charge is 0.478 e. The molecule has 7 heteroatoms. The van der Waals surface area contributed by atoms with Gasteiger partial charge in [-0.2, -0.15) is 0 Å². The van der Waals surface area contributed by atoms with Crippen LogP contribution in [-0.4, -0.2) is 28.6 Å². The molecule has 0 saturated carbocycles. The van der Waals surface area contributed by atoms with Gasteiger partial charge in [-0.1, -0.05) is 12.1 Å². The molecule has 0 aliphatic rings. The van der Waals surface area contributed by atoms with Gasteiger partial charge in [0.1, 0.15) is 0 Å². The summed E-state index contributed by atoms with van der Waals surface area (Å²) in [5.41, 5.74) is 1.97. The van der Waals surface area contributed by atoms with Crippen LogP contribution in [0.2, 0.25) is 0 Å². The number of carboxylic acid groups (broad SMARTS) is 1. The minimum absolute atomic E-state index is 0.246.